The van der Waals surface area contributed by atoms with Crippen LogP contribution in [0.1, 0.15) is 30.9 Å². The number of urea groups is 1. The SMILES string of the molecule is CCOC(Cc1ccc(OCCN(CCCCOCc2ccc(F)cc2)C(=O)Nc2ccc(F)c(F)c2)cc1)C(=O)O. The molecule has 0 saturated heterocycles. The summed E-state index contributed by atoms with van der Waals surface area (Å²) in [5.74, 6) is -2.88. The molecule has 1 unspecified atom stereocenters. The maximum absolute atomic E-state index is 13.6. The monoisotopic (exact) mass is 588 g/mol. The number of rotatable bonds is 17. The van der Waals surface area contributed by atoms with Crippen LogP contribution in [0.2, 0.25) is 0 Å². The second-order valence-corrected chi connectivity index (χ2v) is 9.41. The van der Waals surface area contributed by atoms with Crippen molar-refractivity contribution in [3.05, 3.63) is 95.3 Å². The van der Waals surface area contributed by atoms with Gasteiger partial charge < -0.3 is 29.5 Å². The van der Waals surface area contributed by atoms with Crippen LogP contribution in [0.25, 0.3) is 0 Å². The summed E-state index contributed by atoms with van der Waals surface area (Å²) < 4.78 is 56.7. The molecule has 0 spiro atoms. The molecule has 11 heteroatoms. The molecule has 2 amide bonds. The van der Waals surface area contributed by atoms with E-state index in [1.54, 1.807) is 43.3 Å². The third-order valence-electron chi connectivity index (χ3n) is 6.22. The molecule has 3 aromatic carbocycles. The fraction of sp³-hybridized carbons (Fsp3) is 0.355. The number of aliphatic carboxylic acids is 1. The summed E-state index contributed by atoms with van der Waals surface area (Å²) in [6.45, 7) is 3.52. The lowest BCUT2D eigenvalue weighted by atomic mass is 10.1. The van der Waals surface area contributed by atoms with Crippen molar-refractivity contribution in [2.24, 2.45) is 0 Å². The number of ether oxygens (including phenoxy) is 3. The van der Waals surface area contributed by atoms with Crippen LogP contribution in [0.15, 0.2) is 66.7 Å². The minimum Gasteiger partial charge on any atom is -0.492 e. The molecular formula is C31H35F3N2O6. The van der Waals surface area contributed by atoms with Gasteiger partial charge in [0.1, 0.15) is 18.2 Å². The Morgan fingerprint density at radius 2 is 1.60 bits per heavy atom. The van der Waals surface area contributed by atoms with Gasteiger partial charge in [-0.05, 0) is 67.3 Å². The predicted molar refractivity (Wildman–Crippen MR) is 151 cm³/mol. The highest BCUT2D eigenvalue weighted by atomic mass is 19.2. The molecule has 0 bridgehead atoms. The first-order chi connectivity index (χ1) is 20.2. The smallest absolute Gasteiger partial charge is 0.333 e. The molecule has 0 fully saturated rings. The van der Waals surface area contributed by atoms with Crippen molar-refractivity contribution in [3.8, 4) is 5.75 Å². The lowest BCUT2D eigenvalue weighted by molar-refractivity contribution is -0.149. The van der Waals surface area contributed by atoms with Crippen molar-refractivity contribution in [1.82, 2.24) is 4.90 Å². The van der Waals surface area contributed by atoms with Gasteiger partial charge in [-0.2, -0.15) is 0 Å². The molecule has 226 valence electrons. The molecule has 0 aliphatic heterocycles. The summed E-state index contributed by atoms with van der Waals surface area (Å²) in [7, 11) is 0. The average Bonchev–Trinajstić information content (AvgIpc) is 2.97. The zero-order valence-electron chi connectivity index (χ0n) is 23.4. The quantitative estimate of drug-likeness (QED) is 0.187. The summed E-state index contributed by atoms with van der Waals surface area (Å²) in [5, 5.41) is 11.9. The fourth-order valence-corrected chi connectivity index (χ4v) is 4.00. The largest absolute Gasteiger partial charge is 0.492 e. The molecule has 0 radical (unpaired) electrons. The van der Waals surface area contributed by atoms with Crippen LogP contribution < -0.4 is 10.1 Å². The van der Waals surface area contributed by atoms with E-state index in [4.69, 9.17) is 14.2 Å². The lowest BCUT2D eigenvalue weighted by Gasteiger charge is -2.23. The summed E-state index contributed by atoms with van der Waals surface area (Å²) in [6, 6.07) is 15.6. The Bertz CT molecular complexity index is 1270. The van der Waals surface area contributed by atoms with Crippen molar-refractivity contribution in [2.75, 3.05) is 38.2 Å². The van der Waals surface area contributed by atoms with E-state index >= 15 is 0 Å². The zero-order chi connectivity index (χ0) is 30.3. The molecule has 0 saturated carbocycles. The number of nitrogens with zero attached hydrogens (tertiary/aromatic N) is 1. The number of carboxylic acid groups (broad SMARTS) is 1. The van der Waals surface area contributed by atoms with E-state index in [2.05, 4.69) is 5.32 Å². The minimum atomic E-state index is -1.07. The van der Waals surface area contributed by atoms with E-state index in [0.29, 0.717) is 45.0 Å². The van der Waals surface area contributed by atoms with Gasteiger partial charge in [0.2, 0.25) is 0 Å². The normalized spacial score (nSPS) is 11.6. The maximum Gasteiger partial charge on any atom is 0.333 e. The van der Waals surface area contributed by atoms with Crippen LogP contribution in [0.4, 0.5) is 23.7 Å². The molecule has 0 aromatic heterocycles. The number of halogens is 3. The third kappa shape index (κ3) is 11.1. The molecule has 42 heavy (non-hydrogen) atoms. The van der Waals surface area contributed by atoms with E-state index in [0.717, 1.165) is 23.3 Å². The Hall–Kier alpha value is -4.09. The first kappa shape index (κ1) is 32.4. The van der Waals surface area contributed by atoms with Crippen LogP contribution in [0.5, 0.6) is 5.75 Å². The molecule has 3 aromatic rings. The molecule has 3 rings (SSSR count). The van der Waals surface area contributed by atoms with E-state index in [9.17, 15) is 27.9 Å². The predicted octanol–water partition coefficient (Wildman–Crippen LogP) is 6.05. The number of carboxylic acids is 1. The second-order valence-electron chi connectivity index (χ2n) is 9.41. The van der Waals surface area contributed by atoms with Gasteiger partial charge in [0.05, 0.1) is 13.2 Å². The van der Waals surface area contributed by atoms with Crippen molar-refractivity contribution < 1.29 is 42.1 Å². The van der Waals surface area contributed by atoms with Gasteiger partial charge >= 0.3 is 12.0 Å². The number of hydrogen-bond donors (Lipinski definition) is 2. The lowest BCUT2D eigenvalue weighted by Crippen LogP contribution is -2.38. The molecule has 0 aliphatic rings. The number of nitrogens with one attached hydrogen (secondary N) is 1. The Morgan fingerprint density at radius 3 is 2.26 bits per heavy atom. The van der Waals surface area contributed by atoms with E-state index in [-0.39, 0.29) is 31.1 Å². The van der Waals surface area contributed by atoms with Crippen LogP contribution in [-0.4, -0.2) is 61.0 Å². The fourth-order valence-electron chi connectivity index (χ4n) is 4.00. The van der Waals surface area contributed by atoms with Gasteiger partial charge in [0.15, 0.2) is 17.7 Å². The third-order valence-corrected chi connectivity index (χ3v) is 6.22. The van der Waals surface area contributed by atoms with Crippen LogP contribution >= 0.6 is 0 Å². The Balaban J connectivity index is 1.51. The number of carbonyl (C=O) groups excluding carboxylic acids is 1. The first-order valence-corrected chi connectivity index (χ1v) is 13.6. The number of anilines is 1. The van der Waals surface area contributed by atoms with Crippen LogP contribution in [-0.2, 0) is 27.3 Å². The topological polar surface area (TPSA) is 97.3 Å². The van der Waals surface area contributed by atoms with Gasteiger partial charge in [-0.15, -0.1) is 0 Å². The highest BCUT2D eigenvalue weighted by Gasteiger charge is 2.18. The van der Waals surface area contributed by atoms with Crippen molar-refractivity contribution in [1.29, 1.82) is 0 Å². The average molecular weight is 589 g/mol. The molecule has 8 nitrogen and oxygen atoms in total. The summed E-state index contributed by atoms with van der Waals surface area (Å²) in [4.78, 5) is 25.8. The zero-order valence-corrected chi connectivity index (χ0v) is 23.4. The summed E-state index contributed by atoms with van der Waals surface area (Å²) in [6.07, 6.45) is 0.539. The molecule has 0 heterocycles. The van der Waals surface area contributed by atoms with Gasteiger partial charge in [-0.3, -0.25) is 0 Å². The number of hydrogen-bond acceptors (Lipinski definition) is 5. The number of amides is 2. The van der Waals surface area contributed by atoms with Crippen molar-refractivity contribution in [2.45, 2.75) is 38.9 Å². The Morgan fingerprint density at radius 1 is 0.881 bits per heavy atom. The number of carbonyl (C=O) groups is 2. The highest BCUT2D eigenvalue weighted by molar-refractivity contribution is 5.89. The first-order valence-electron chi connectivity index (χ1n) is 13.6. The Kier molecular flexibility index (Phi) is 13.1. The molecule has 1 atom stereocenters. The number of benzene rings is 3. The molecule has 2 N–H and O–H groups in total. The van der Waals surface area contributed by atoms with Gasteiger partial charge in [-0.1, -0.05) is 24.3 Å². The van der Waals surface area contributed by atoms with E-state index in [1.807, 2.05) is 0 Å². The van der Waals surface area contributed by atoms with Crippen molar-refractivity contribution in [3.63, 3.8) is 0 Å². The van der Waals surface area contributed by atoms with Gasteiger partial charge in [-0.25, -0.2) is 22.8 Å². The maximum atomic E-state index is 13.6. The van der Waals surface area contributed by atoms with Crippen LogP contribution in [0.3, 0.4) is 0 Å². The van der Waals surface area contributed by atoms with E-state index in [1.165, 1.54) is 23.1 Å². The summed E-state index contributed by atoms with van der Waals surface area (Å²) in [5.41, 5.74) is 1.75. The van der Waals surface area contributed by atoms with Crippen LogP contribution in [0, 0.1) is 17.5 Å². The second kappa shape index (κ2) is 17.0. The van der Waals surface area contributed by atoms with Crippen molar-refractivity contribution >= 4 is 17.7 Å². The molecule has 0 aliphatic carbocycles. The standard InChI is InChI=1S/C31H35F3N2O6/c1-2-41-29(30(37)38)19-22-7-12-26(13-8-22)42-18-16-36(31(39)35-25-11-14-27(33)28(34)20-25)15-3-4-17-40-21-23-5-9-24(32)10-6-23/h5-14,20,29H,2-4,15-19,21H2,1H3,(H,35,39)(H,37,38). The summed E-state index contributed by atoms with van der Waals surface area (Å²) >= 11 is 0. The minimum absolute atomic E-state index is 0.120. The van der Waals surface area contributed by atoms with E-state index < -0.39 is 29.7 Å². The van der Waals surface area contributed by atoms with Gasteiger partial charge in [0, 0.05) is 37.9 Å². The highest BCUT2D eigenvalue weighted by Crippen LogP contribution is 2.16. The Labute approximate surface area is 243 Å². The van der Waals surface area contributed by atoms with Gasteiger partial charge in [0.25, 0.3) is 0 Å². The number of unbranched alkanes of at least 4 members (excludes halogenated alkanes) is 1. The molecular weight excluding hydrogens is 553 g/mol.